The number of fused-ring (bicyclic) bond motifs is 1. The molecule has 4 nitrogen and oxygen atoms in total. The van der Waals surface area contributed by atoms with Gasteiger partial charge in [0.25, 0.3) is 0 Å². The third-order valence-electron chi connectivity index (χ3n) is 2.78. The summed E-state index contributed by atoms with van der Waals surface area (Å²) in [5, 5.41) is 8.59. The molecule has 0 aliphatic heterocycles. The predicted octanol–water partition coefficient (Wildman–Crippen LogP) is 3.21. The molecule has 19 heavy (non-hydrogen) atoms. The van der Waals surface area contributed by atoms with Crippen molar-refractivity contribution < 1.29 is 4.79 Å². The summed E-state index contributed by atoms with van der Waals surface area (Å²) in [5.74, 6) is -0.0686. The summed E-state index contributed by atoms with van der Waals surface area (Å²) in [7, 11) is 0. The number of halogens is 1. The molecule has 0 aliphatic carbocycles. The highest BCUT2D eigenvalue weighted by atomic mass is 79.9. The van der Waals surface area contributed by atoms with E-state index in [0.29, 0.717) is 5.56 Å². The standard InChI is InChI=1S/C14H10BrN3O/c15-14(13(19)10-6-2-1-3-7-10)18-16-11-8-4-5-9-12(11)17-18/h1-9,14H. The molecule has 3 rings (SSSR count). The van der Waals surface area contributed by atoms with E-state index in [1.165, 1.54) is 4.80 Å². The SMILES string of the molecule is O=C(c1ccccc1)C(Br)n1nc2ccccc2n1. The zero-order valence-electron chi connectivity index (χ0n) is 9.90. The quantitative estimate of drug-likeness (QED) is 0.551. The largest absolute Gasteiger partial charge is 0.291 e. The summed E-state index contributed by atoms with van der Waals surface area (Å²) in [6, 6.07) is 16.6. The molecule has 0 aliphatic rings. The zero-order valence-corrected chi connectivity index (χ0v) is 11.5. The lowest BCUT2D eigenvalue weighted by molar-refractivity contribution is 0.0960. The average molecular weight is 316 g/mol. The Balaban J connectivity index is 1.95. The van der Waals surface area contributed by atoms with Crippen molar-refractivity contribution in [1.29, 1.82) is 0 Å². The summed E-state index contributed by atoms with van der Waals surface area (Å²) in [5.41, 5.74) is 2.17. The Morgan fingerprint density at radius 1 is 0.947 bits per heavy atom. The molecule has 94 valence electrons. The van der Waals surface area contributed by atoms with Crippen LogP contribution in [0.2, 0.25) is 0 Å². The van der Waals surface area contributed by atoms with E-state index in [2.05, 4.69) is 26.1 Å². The third kappa shape index (κ3) is 2.29. The summed E-state index contributed by atoms with van der Waals surface area (Å²) in [6.07, 6.45) is 0. The van der Waals surface area contributed by atoms with Crippen LogP contribution in [0.5, 0.6) is 0 Å². The Hall–Kier alpha value is -2.01. The fourth-order valence-corrected chi connectivity index (χ4v) is 2.27. The molecular weight excluding hydrogens is 306 g/mol. The summed E-state index contributed by atoms with van der Waals surface area (Å²) < 4.78 is 0. The van der Waals surface area contributed by atoms with Crippen molar-refractivity contribution in [2.24, 2.45) is 0 Å². The summed E-state index contributed by atoms with van der Waals surface area (Å²) >= 11 is 3.35. The van der Waals surface area contributed by atoms with Crippen molar-refractivity contribution in [1.82, 2.24) is 15.0 Å². The second-order valence-electron chi connectivity index (χ2n) is 4.08. The van der Waals surface area contributed by atoms with Crippen molar-refractivity contribution in [2.45, 2.75) is 4.95 Å². The van der Waals surface area contributed by atoms with Gasteiger partial charge in [0.1, 0.15) is 11.0 Å². The van der Waals surface area contributed by atoms with Gasteiger partial charge >= 0.3 is 0 Å². The van der Waals surface area contributed by atoms with Gasteiger partial charge in [-0.15, -0.1) is 0 Å². The van der Waals surface area contributed by atoms with E-state index >= 15 is 0 Å². The number of carbonyl (C=O) groups is 1. The van der Waals surface area contributed by atoms with Crippen LogP contribution in [0.4, 0.5) is 0 Å². The van der Waals surface area contributed by atoms with Crippen LogP contribution in [0.15, 0.2) is 54.6 Å². The number of hydrogen-bond acceptors (Lipinski definition) is 3. The molecule has 5 heteroatoms. The van der Waals surface area contributed by atoms with Crippen LogP contribution in [-0.2, 0) is 0 Å². The molecule has 1 atom stereocenters. The number of hydrogen-bond donors (Lipinski definition) is 0. The van der Waals surface area contributed by atoms with Crippen LogP contribution in [0.3, 0.4) is 0 Å². The number of ketones is 1. The van der Waals surface area contributed by atoms with E-state index < -0.39 is 4.95 Å². The topological polar surface area (TPSA) is 47.8 Å². The van der Waals surface area contributed by atoms with Crippen LogP contribution >= 0.6 is 15.9 Å². The minimum absolute atomic E-state index is 0.0686. The maximum absolute atomic E-state index is 12.3. The van der Waals surface area contributed by atoms with E-state index in [0.717, 1.165) is 11.0 Å². The molecule has 0 radical (unpaired) electrons. The van der Waals surface area contributed by atoms with E-state index in [-0.39, 0.29) is 5.78 Å². The Labute approximate surface area is 118 Å². The molecule has 0 bridgehead atoms. The van der Waals surface area contributed by atoms with Crippen LogP contribution < -0.4 is 0 Å². The molecule has 0 saturated heterocycles. The number of nitrogens with zero attached hydrogens (tertiary/aromatic N) is 3. The number of carbonyl (C=O) groups excluding carboxylic acids is 1. The lowest BCUT2D eigenvalue weighted by atomic mass is 10.1. The number of Topliss-reactive ketones (excluding diaryl/α,β-unsaturated/α-hetero) is 1. The fraction of sp³-hybridized carbons (Fsp3) is 0.0714. The van der Waals surface area contributed by atoms with Crippen molar-refractivity contribution in [3.8, 4) is 0 Å². The second-order valence-corrected chi connectivity index (χ2v) is 4.94. The first-order valence-corrected chi connectivity index (χ1v) is 6.72. The Morgan fingerprint density at radius 2 is 1.47 bits per heavy atom. The molecule has 1 aromatic heterocycles. The molecular formula is C14H10BrN3O. The minimum atomic E-state index is -0.595. The van der Waals surface area contributed by atoms with Crippen LogP contribution in [0.25, 0.3) is 11.0 Å². The predicted molar refractivity (Wildman–Crippen MR) is 76.3 cm³/mol. The molecule has 0 N–H and O–H groups in total. The second kappa shape index (κ2) is 4.93. The lowest BCUT2D eigenvalue weighted by Crippen LogP contribution is -2.16. The zero-order chi connectivity index (χ0) is 13.2. The first-order valence-electron chi connectivity index (χ1n) is 5.80. The summed E-state index contributed by atoms with van der Waals surface area (Å²) in [6.45, 7) is 0. The van der Waals surface area contributed by atoms with Crippen LogP contribution in [0, 0.1) is 0 Å². The Kier molecular flexibility index (Phi) is 3.13. The van der Waals surface area contributed by atoms with Gasteiger partial charge in [-0.05, 0) is 12.1 Å². The molecule has 3 aromatic rings. The molecule has 1 unspecified atom stereocenters. The highest BCUT2D eigenvalue weighted by Gasteiger charge is 2.20. The molecule has 2 aromatic carbocycles. The van der Waals surface area contributed by atoms with Gasteiger partial charge in [0.05, 0.1) is 0 Å². The molecule has 0 amide bonds. The van der Waals surface area contributed by atoms with E-state index in [1.807, 2.05) is 42.5 Å². The highest BCUT2D eigenvalue weighted by molar-refractivity contribution is 9.09. The monoisotopic (exact) mass is 315 g/mol. The van der Waals surface area contributed by atoms with Gasteiger partial charge in [-0.25, -0.2) is 0 Å². The number of aromatic nitrogens is 3. The van der Waals surface area contributed by atoms with Crippen molar-refractivity contribution in [3.63, 3.8) is 0 Å². The summed E-state index contributed by atoms with van der Waals surface area (Å²) in [4.78, 5) is 13.1. The first-order chi connectivity index (χ1) is 9.25. The molecule has 0 saturated carbocycles. The first kappa shape index (κ1) is 12.0. The maximum Gasteiger partial charge on any atom is 0.200 e. The maximum atomic E-state index is 12.3. The Bertz CT molecular complexity index is 691. The van der Waals surface area contributed by atoms with Gasteiger partial charge in [0, 0.05) is 5.56 Å². The molecule has 1 heterocycles. The van der Waals surface area contributed by atoms with Gasteiger partial charge in [-0.3, -0.25) is 4.79 Å². The Morgan fingerprint density at radius 3 is 2.05 bits per heavy atom. The van der Waals surface area contributed by atoms with Crippen molar-refractivity contribution in [3.05, 3.63) is 60.2 Å². The molecule has 0 spiro atoms. The minimum Gasteiger partial charge on any atom is -0.291 e. The van der Waals surface area contributed by atoms with Gasteiger partial charge < -0.3 is 0 Å². The highest BCUT2D eigenvalue weighted by Crippen LogP contribution is 2.21. The van der Waals surface area contributed by atoms with E-state index in [9.17, 15) is 4.79 Å². The van der Waals surface area contributed by atoms with Gasteiger partial charge in [-0.1, -0.05) is 58.4 Å². The number of benzene rings is 2. The van der Waals surface area contributed by atoms with E-state index in [1.54, 1.807) is 12.1 Å². The lowest BCUT2D eigenvalue weighted by Gasteiger charge is -2.07. The smallest absolute Gasteiger partial charge is 0.200 e. The average Bonchev–Trinajstić information content (AvgIpc) is 2.90. The van der Waals surface area contributed by atoms with Gasteiger partial charge in [0.15, 0.2) is 10.7 Å². The van der Waals surface area contributed by atoms with Gasteiger partial charge in [0.2, 0.25) is 0 Å². The fourth-order valence-electron chi connectivity index (χ4n) is 1.82. The van der Waals surface area contributed by atoms with Crippen LogP contribution in [-0.4, -0.2) is 20.8 Å². The molecule has 0 fully saturated rings. The van der Waals surface area contributed by atoms with E-state index in [4.69, 9.17) is 0 Å². The van der Waals surface area contributed by atoms with Gasteiger partial charge in [-0.2, -0.15) is 15.0 Å². The van der Waals surface area contributed by atoms with Crippen LogP contribution in [0.1, 0.15) is 15.3 Å². The number of rotatable bonds is 3. The third-order valence-corrected chi connectivity index (χ3v) is 3.56. The number of alkyl halides is 1. The van der Waals surface area contributed by atoms with Crippen molar-refractivity contribution >= 4 is 32.7 Å². The normalized spacial score (nSPS) is 12.5. The van der Waals surface area contributed by atoms with Crippen molar-refractivity contribution in [2.75, 3.05) is 0 Å².